The molecule has 1 saturated heterocycles. The predicted molar refractivity (Wildman–Crippen MR) is 118 cm³/mol. The third-order valence-corrected chi connectivity index (χ3v) is 6.39. The van der Waals surface area contributed by atoms with Crippen LogP contribution in [0, 0.1) is 0 Å². The van der Waals surface area contributed by atoms with Crippen molar-refractivity contribution in [3.05, 3.63) is 53.7 Å². The second kappa shape index (κ2) is 9.07. The van der Waals surface area contributed by atoms with Gasteiger partial charge in [0.15, 0.2) is 10.7 Å². The average molecular weight is 430 g/mol. The van der Waals surface area contributed by atoms with Crippen LogP contribution in [0.3, 0.4) is 0 Å². The van der Waals surface area contributed by atoms with Crippen LogP contribution in [0.5, 0.6) is 5.75 Å². The van der Waals surface area contributed by atoms with Crippen molar-refractivity contribution in [2.24, 2.45) is 0 Å². The van der Waals surface area contributed by atoms with Gasteiger partial charge in [-0.3, -0.25) is 0 Å². The molecule has 8 heteroatoms. The normalized spacial score (nSPS) is 15.6. The molecule has 1 fully saturated rings. The van der Waals surface area contributed by atoms with Crippen LogP contribution >= 0.6 is 0 Å². The van der Waals surface area contributed by atoms with Gasteiger partial charge in [-0.05, 0) is 35.9 Å². The summed E-state index contributed by atoms with van der Waals surface area (Å²) in [6.07, 6.45) is 2.43. The molecule has 1 aromatic heterocycles. The molecule has 0 aliphatic carbocycles. The Morgan fingerprint density at radius 2 is 1.90 bits per heavy atom. The Morgan fingerprint density at radius 1 is 1.10 bits per heavy atom. The van der Waals surface area contributed by atoms with Gasteiger partial charge < -0.3 is 24.7 Å². The average Bonchev–Trinajstić information content (AvgIpc) is 3.21. The summed E-state index contributed by atoms with van der Waals surface area (Å²) >= 11 is 0. The van der Waals surface area contributed by atoms with Crippen molar-refractivity contribution in [3.63, 3.8) is 0 Å². The molecule has 4 rings (SSSR count). The Morgan fingerprint density at radius 3 is 2.60 bits per heavy atom. The number of ether oxygens (including phenoxy) is 2. The lowest BCUT2D eigenvalue weighted by molar-refractivity contribution is 0.105. The Kier molecular flexibility index (Phi) is 6.26. The van der Waals surface area contributed by atoms with E-state index in [1.165, 1.54) is 0 Å². The molecule has 0 bridgehead atoms. The molecular formula is C22H27N3O4S. The number of aromatic amines is 1. The summed E-state index contributed by atoms with van der Waals surface area (Å²) in [4.78, 5) is 5.90. The predicted octanol–water partition coefficient (Wildman–Crippen LogP) is 2.49. The smallest absolute Gasteiger partial charge is 0.168 e. The summed E-state index contributed by atoms with van der Waals surface area (Å²) in [5.74, 6) is 0.795. The van der Waals surface area contributed by atoms with Gasteiger partial charge >= 0.3 is 0 Å². The van der Waals surface area contributed by atoms with E-state index < -0.39 is 10.7 Å². The van der Waals surface area contributed by atoms with Gasteiger partial charge in [-0.1, -0.05) is 6.07 Å². The van der Waals surface area contributed by atoms with Gasteiger partial charge in [0.25, 0.3) is 0 Å². The number of rotatable bonds is 7. The minimum atomic E-state index is -2.63. The highest BCUT2D eigenvalue weighted by Gasteiger charge is 2.21. The third kappa shape index (κ3) is 4.16. The number of nitrogens with one attached hydrogen (secondary N) is 2. The van der Waals surface area contributed by atoms with Crippen LogP contribution in [0.25, 0.3) is 10.9 Å². The summed E-state index contributed by atoms with van der Waals surface area (Å²) < 4.78 is 34.4. The van der Waals surface area contributed by atoms with Crippen molar-refractivity contribution in [2.75, 3.05) is 45.3 Å². The Hall–Kier alpha value is -2.55. The zero-order valence-corrected chi connectivity index (χ0v) is 18.1. The molecule has 2 N–H and O–H groups in total. The van der Waals surface area contributed by atoms with Crippen LogP contribution in [0.2, 0.25) is 0 Å². The van der Waals surface area contributed by atoms with Crippen molar-refractivity contribution in [1.29, 1.82) is 0 Å². The molecule has 0 radical (unpaired) electrons. The minimum Gasteiger partial charge on any atom is -0.497 e. The summed E-state index contributed by atoms with van der Waals surface area (Å²) in [7, 11) is 0.735. The number of hydrogen-bond acceptors (Lipinski definition) is 6. The molecule has 3 aromatic rings. The zero-order chi connectivity index (χ0) is 21.1. The first kappa shape index (κ1) is 20.7. The van der Waals surface area contributed by atoms with Gasteiger partial charge in [0, 0.05) is 68.1 Å². The van der Waals surface area contributed by atoms with E-state index in [-0.39, 0.29) is 6.10 Å². The highest BCUT2D eigenvalue weighted by Crippen LogP contribution is 2.34. The van der Waals surface area contributed by atoms with E-state index in [9.17, 15) is 8.42 Å². The molecule has 2 aromatic carbocycles. The molecule has 1 atom stereocenters. The third-order valence-electron chi connectivity index (χ3n) is 5.70. The van der Waals surface area contributed by atoms with Crippen LogP contribution in [-0.4, -0.2) is 53.8 Å². The maximum atomic E-state index is 11.6. The number of piperazine rings is 1. The van der Waals surface area contributed by atoms with Crippen LogP contribution in [0.15, 0.2) is 47.5 Å². The Bertz CT molecular complexity index is 1090. The van der Waals surface area contributed by atoms with E-state index in [1.807, 2.05) is 30.5 Å². The Balaban J connectivity index is 1.71. The zero-order valence-electron chi connectivity index (χ0n) is 17.2. The summed E-state index contributed by atoms with van der Waals surface area (Å²) in [6, 6.07) is 11.3. The maximum Gasteiger partial charge on any atom is 0.168 e. The molecule has 7 nitrogen and oxygen atoms in total. The minimum absolute atomic E-state index is 0.181. The van der Waals surface area contributed by atoms with Crippen molar-refractivity contribution in [2.45, 2.75) is 17.4 Å². The van der Waals surface area contributed by atoms with Crippen molar-refractivity contribution in [3.8, 4) is 5.75 Å². The molecule has 30 heavy (non-hydrogen) atoms. The van der Waals surface area contributed by atoms with Gasteiger partial charge in [0.05, 0.1) is 18.1 Å². The van der Waals surface area contributed by atoms with Gasteiger partial charge in [0.2, 0.25) is 0 Å². The standard InChI is InChI=1S/C22H27N3O4S/c1-28-16-4-6-20-18(12-16)19(14-24-20)22(29-2)11-15-3-5-17(30(26)27)13-21(15)25-9-7-23-8-10-25/h3-6,12-14,22-24,30H,7-11H2,1-2H3. The topological polar surface area (TPSA) is 83.7 Å². The van der Waals surface area contributed by atoms with E-state index >= 15 is 0 Å². The Labute approximate surface area is 177 Å². The van der Waals surface area contributed by atoms with Crippen LogP contribution in [0.1, 0.15) is 17.2 Å². The van der Waals surface area contributed by atoms with E-state index in [0.717, 1.165) is 59.6 Å². The summed E-state index contributed by atoms with van der Waals surface area (Å²) in [5.41, 5.74) is 4.11. The van der Waals surface area contributed by atoms with Gasteiger partial charge in [-0.2, -0.15) is 0 Å². The van der Waals surface area contributed by atoms with Gasteiger partial charge in [0.1, 0.15) is 5.75 Å². The molecular weight excluding hydrogens is 402 g/mol. The summed E-state index contributed by atoms with van der Waals surface area (Å²) in [6.45, 7) is 3.44. The van der Waals surface area contributed by atoms with E-state index in [4.69, 9.17) is 9.47 Å². The SMILES string of the molecule is COc1ccc2[nH]cc(C(Cc3ccc([SH](=O)=O)cc3N3CCNCC3)OC)c2c1. The molecule has 0 amide bonds. The van der Waals surface area contributed by atoms with E-state index in [1.54, 1.807) is 26.4 Å². The molecule has 0 spiro atoms. The van der Waals surface area contributed by atoms with E-state index in [2.05, 4.69) is 15.2 Å². The second-order valence-corrected chi connectivity index (χ2v) is 8.42. The number of methoxy groups -OCH3 is 2. The number of H-pyrrole nitrogens is 1. The number of hydrogen-bond donors (Lipinski definition) is 3. The van der Waals surface area contributed by atoms with Crippen LogP contribution in [-0.2, 0) is 21.9 Å². The number of anilines is 1. The molecule has 1 unspecified atom stereocenters. The fraction of sp³-hybridized carbons (Fsp3) is 0.364. The summed E-state index contributed by atoms with van der Waals surface area (Å²) in [5, 5.41) is 4.40. The van der Waals surface area contributed by atoms with Gasteiger partial charge in [-0.15, -0.1) is 0 Å². The fourth-order valence-corrected chi connectivity index (χ4v) is 4.50. The molecule has 1 aliphatic rings. The molecule has 0 saturated carbocycles. The first-order valence-electron chi connectivity index (χ1n) is 10.0. The number of aromatic nitrogens is 1. The lowest BCUT2D eigenvalue weighted by Gasteiger charge is -2.32. The lowest BCUT2D eigenvalue weighted by Crippen LogP contribution is -2.44. The number of benzene rings is 2. The molecule has 160 valence electrons. The van der Waals surface area contributed by atoms with Gasteiger partial charge in [-0.25, -0.2) is 8.42 Å². The van der Waals surface area contributed by atoms with Crippen molar-refractivity contribution in [1.82, 2.24) is 10.3 Å². The van der Waals surface area contributed by atoms with Crippen molar-refractivity contribution >= 4 is 27.3 Å². The largest absolute Gasteiger partial charge is 0.497 e. The first-order chi connectivity index (χ1) is 14.6. The van der Waals surface area contributed by atoms with Crippen LogP contribution < -0.4 is 15.0 Å². The lowest BCUT2D eigenvalue weighted by atomic mass is 9.98. The maximum absolute atomic E-state index is 11.6. The van der Waals surface area contributed by atoms with E-state index in [0.29, 0.717) is 11.3 Å². The molecule has 2 heterocycles. The number of fused-ring (bicyclic) bond motifs is 1. The monoisotopic (exact) mass is 429 g/mol. The van der Waals surface area contributed by atoms with Crippen LogP contribution in [0.4, 0.5) is 5.69 Å². The number of nitrogens with zero attached hydrogens (tertiary/aromatic N) is 1. The molecule has 1 aliphatic heterocycles. The fourth-order valence-electron chi connectivity index (χ4n) is 4.07. The first-order valence-corrected chi connectivity index (χ1v) is 11.2. The highest BCUT2D eigenvalue weighted by molar-refractivity contribution is 7.72. The van der Waals surface area contributed by atoms with Crippen molar-refractivity contribution < 1.29 is 17.9 Å². The second-order valence-electron chi connectivity index (χ2n) is 7.39. The highest BCUT2D eigenvalue weighted by atomic mass is 32.2. The number of thiol groups is 1. The quantitative estimate of drug-likeness (QED) is 0.501.